The number of nitrogens with one attached hydrogen (secondary N) is 2. The highest BCUT2D eigenvalue weighted by molar-refractivity contribution is 7.15. The largest absolute Gasteiger partial charge is 0.382 e. The Labute approximate surface area is 124 Å². The predicted octanol–water partition coefficient (Wildman–Crippen LogP) is 0.560. The summed E-state index contributed by atoms with van der Waals surface area (Å²) >= 11 is 5.72. The van der Waals surface area contributed by atoms with Gasteiger partial charge in [-0.2, -0.15) is 0 Å². The Kier molecular flexibility index (Phi) is 6.41. The van der Waals surface area contributed by atoms with Gasteiger partial charge in [0.25, 0.3) is 5.91 Å². The molecule has 1 heterocycles. The van der Waals surface area contributed by atoms with Crippen LogP contribution >= 0.6 is 21.0 Å². The lowest BCUT2D eigenvalue weighted by atomic mass is 10.3. The fourth-order valence-electron chi connectivity index (χ4n) is 1.28. The van der Waals surface area contributed by atoms with E-state index in [0.717, 1.165) is 12.8 Å². The average molecular weight is 318 g/mol. The van der Waals surface area contributed by atoms with Crippen molar-refractivity contribution in [2.75, 3.05) is 18.0 Å². The minimum absolute atomic E-state index is 0.0262. The molecule has 1 atom stereocenters. The van der Waals surface area contributed by atoms with Crippen LogP contribution in [0.4, 0.5) is 11.6 Å². The highest BCUT2D eigenvalue weighted by Crippen LogP contribution is 2.17. The zero-order valence-corrected chi connectivity index (χ0v) is 12.9. The normalized spacial score (nSPS) is 11.2. The number of carbonyl (C=O) groups excluding carboxylic acids is 1. The molecule has 1 amide bonds. The van der Waals surface area contributed by atoms with Crippen molar-refractivity contribution in [1.29, 1.82) is 0 Å². The van der Waals surface area contributed by atoms with Crippen molar-refractivity contribution in [3.63, 3.8) is 0 Å². The number of anilines is 2. The standard InChI is InChI=1S/C10H17ClN7OP/c1-2-3-4-14-10(18-20)17-9(19)5-7(12)16-8(13)6(11)15-5/h2-4,20H2,1H3,(H4,12,13,16)(H2,14,17,18,19). The van der Waals surface area contributed by atoms with Crippen molar-refractivity contribution < 1.29 is 4.79 Å². The third-order valence-electron chi connectivity index (χ3n) is 2.30. The maximum absolute atomic E-state index is 12.0. The highest BCUT2D eigenvalue weighted by atomic mass is 35.5. The van der Waals surface area contributed by atoms with Crippen LogP contribution in [0.1, 0.15) is 30.3 Å². The quantitative estimate of drug-likeness (QED) is 0.278. The molecule has 0 aliphatic carbocycles. The van der Waals surface area contributed by atoms with E-state index in [9.17, 15) is 4.79 Å². The molecule has 0 saturated heterocycles. The van der Waals surface area contributed by atoms with Crippen molar-refractivity contribution >= 4 is 44.5 Å². The highest BCUT2D eigenvalue weighted by Gasteiger charge is 2.17. The van der Waals surface area contributed by atoms with E-state index in [-0.39, 0.29) is 22.5 Å². The van der Waals surface area contributed by atoms with Crippen molar-refractivity contribution in [3.8, 4) is 0 Å². The SMILES string of the molecule is CCCCN/C(=N\P)NC(=O)c1nc(Cl)c(N)nc1N. The molecule has 0 saturated carbocycles. The van der Waals surface area contributed by atoms with E-state index < -0.39 is 5.91 Å². The van der Waals surface area contributed by atoms with E-state index in [1.807, 2.05) is 0 Å². The van der Waals surface area contributed by atoms with Crippen LogP contribution in [0.5, 0.6) is 0 Å². The van der Waals surface area contributed by atoms with Crippen LogP contribution in [0, 0.1) is 0 Å². The number of carbonyl (C=O) groups is 1. The molecule has 0 fully saturated rings. The molecule has 110 valence electrons. The summed E-state index contributed by atoms with van der Waals surface area (Å²) in [6.45, 7) is 2.75. The topological polar surface area (TPSA) is 131 Å². The Morgan fingerprint density at radius 3 is 2.70 bits per heavy atom. The minimum Gasteiger partial charge on any atom is -0.382 e. The maximum Gasteiger partial charge on any atom is 0.280 e. The van der Waals surface area contributed by atoms with E-state index in [4.69, 9.17) is 23.1 Å². The number of nitrogen functional groups attached to an aromatic ring is 2. The number of unbranched alkanes of at least 4 members (excludes halogenated alkanes) is 1. The summed E-state index contributed by atoms with van der Waals surface area (Å²) in [4.78, 5) is 19.6. The molecular formula is C10H17ClN7OP. The fourth-order valence-corrected chi connectivity index (χ4v) is 1.56. The Morgan fingerprint density at radius 1 is 1.40 bits per heavy atom. The third-order valence-corrected chi connectivity index (χ3v) is 2.84. The van der Waals surface area contributed by atoms with Crippen LogP contribution < -0.4 is 22.1 Å². The van der Waals surface area contributed by atoms with E-state index in [1.54, 1.807) is 0 Å². The first-order valence-corrected chi connectivity index (χ1v) is 6.80. The number of nitrogens with zero attached hydrogens (tertiary/aromatic N) is 3. The monoisotopic (exact) mass is 317 g/mol. The third kappa shape index (κ3) is 4.47. The summed E-state index contributed by atoms with van der Waals surface area (Å²) in [6.07, 6.45) is 1.98. The molecular weight excluding hydrogens is 301 g/mol. The van der Waals surface area contributed by atoms with Gasteiger partial charge in [0, 0.05) is 6.54 Å². The van der Waals surface area contributed by atoms with Crippen LogP contribution in [0.25, 0.3) is 0 Å². The van der Waals surface area contributed by atoms with Gasteiger partial charge in [-0.25, -0.2) is 14.7 Å². The molecule has 1 rings (SSSR count). The van der Waals surface area contributed by atoms with E-state index in [2.05, 4.69) is 41.7 Å². The molecule has 8 nitrogen and oxygen atoms in total. The van der Waals surface area contributed by atoms with Gasteiger partial charge in [0.15, 0.2) is 22.5 Å². The van der Waals surface area contributed by atoms with Gasteiger partial charge in [0.05, 0.1) is 0 Å². The van der Waals surface area contributed by atoms with Crippen LogP contribution in [0.15, 0.2) is 4.76 Å². The van der Waals surface area contributed by atoms with Crippen LogP contribution in [-0.2, 0) is 0 Å². The molecule has 0 aromatic carbocycles. The van der Waals surface area contributed by atoms with Gasteiger partial charge in [0.2, 0.25) is 5.96 Å². The zero-order chi connectivity index (χ0) is 15.1. The first-order chi connectivity index (χ1) is 9.49. The second-order valence-electron chi connectivity index (χ2n) is 3.85. The maximum atomic E-state index is 12.0. The van der Waals surface area contributed by atoms with Crippen molar-refractivity contribution in [2.45, 2.75) is 19.8 Å². The Morgan fingerprint density at radius 2 is 2.10 bits per heavy atom. The first-order valence-electron chi connectivity index (χ1n) is 5.91. The smallest absolute Gasteiger partial charge is 0.280 e. The molecule has 1 aromatic rings. The van der Waals surface area contributed by atoms with Gasteiger partial charge in [-0.1, -0.05) is 24.9 Å². The van der Waals surface area contributed by atoms with Gasteiger partial charge < -0.3 is 16.8 Å². The second-order valence-corrected chi connectivity index (χ2v) is 4.46. The summed E-state index contributed by atoms with van der Waals surface area (Å²) < 4.78 is 3.84. The van der Waals surface area contributed by atoms with Gasteiger partial charge in [-0.05, 0) is 15.8 Å². The van der Waals surface area contributed by atoms with Gasteiger partial charge in [-0.3, -0.25) is 10.1 Å². The number of hydrogen-bond donors (Lipinski definition) is 4. The van der Waals surface area contributed by atoms with Crippen LogP contribution in [0.3, 0.4) is 0 Å². The number of amides is 1. The Hall–Kier alpha value is -1.66. The summed E-state index contributed by atoms with van der Waals surface area (Å²) in [5.41, 5.74) is 10.9. The average Bonchev–Trinajstić information content (AvgIpc) is 2.41. The summed E-state index contributed by atoms with van der Waals surface area (Å²) in [5.74, 6) is -0.396. The molecule has 0 aliphatic heterocycles. The van der Waals surface area contributed by atoms with E-state index in [1.165, 1.54) is 0 Å². The second kappa shape index (κ2) is 7.81. The number of guanidine groups is 1. The van der Waals surface area contributed by atoms with Gasteiger partial charge in [-0.15, -0.1) is 0 Å². The van der Waals surface area contributed by atoms with Crippen molar-refractivity contribution in [1.82, 2.24) is 20.6 Å². The van der Waals surface area contributed by atoms with Crippen molar-refractivity contribution in [3.05, 3.63) is 10.8 Å². The summed E-state index contributed by atoms with van der Waals surface area (Å²) in [6, 6.07) is 0. The number of aromatic nitrogens is 2. The number of rotatable bonds is 4. The molecule has 0 aliphatic rings. The molecule has 6 N–H and O–H groups in total. The molecule has 0 bridgehead atoms. The summed E-state index contributed by atoms with van der Waals surface area (Å²) in [5, 5.41) is 5.42. The molecule has 0 spiro atoms. The summed E-state index contributed by atoms with van der Waals surface area (Å²) in [7, 11) is 2.16. The molecule has 0 radical (unpaired) electrons. The molecule has 1 unspecified atom stereocenters. The lowest BCUT2D eigenvalue weighted by Gasteiger charge is -2.11. The van der Waals surface area contributed by atoms with Gasteiger partial charge in [0.1, 0.15) is 0 Å². The number of halogens is 1. The lowest BCUT2D eigenvalue weighted by Crippen LogP contribution is -2.41. The minimum atomic E-state index is -0.568. The van der Waals surface area contributed by atoms with Crippen molar-refractivity contribution in [2.24, 2.45) is 4.76 Å². The number of nitrogens with two attached hydrogens (primary N) is 2. The first kappa shape index (κ1) is 16.4. The number of hydrogen-bond acceptors (Lipinski definition) is 6. The molecule has 10 heteroatoms. The predicted molar refractivity (Wildman–Crippen MR) is 83.4 cm³/mol. The van der Waals surface area contributed by atoms with Crippen LogP contribution in [-0.4, -0.2) is 28.4 Å². The zero-order valence-electron chi connectivity index (χ0n) is 11.0. The Balaban J connectivity index is 2.77. The molecule has 1 aromatic heterocycles. The fraction of sp³-hybridized carbons (Fsp3) is 0.400. The van der Waals surface area contributed by atoms with Crippen LogP contribution in [0.2, 0.25) is 5.15 Å². The molecule has 20 heavy (non-hydrogen) atoms. The van der Waals surface area contributed by atoms with Gasteiger partial charge >= 0.3 is 0 Å². The van der Waals surface area contributed by atoms with E-state index in [0.29, 0.717) is 12.5 Å². The lowest BCUT2D eigenvalue weighted by molar-refractivity contribution is 0.0972. The van der Waals surface area contributed by atoms with E-state index >= 15 is 0 Å². The Bertz CT molecular complexity index is 523.